The van der Waals surface area contributed by atoms with Crippen molar-refractivity contribution in [3.05, 3.63) is 95.1 Å². The summed E-state index contributed by atoms with van der Waals surface area (Å²) in [5.74, 6) is 0.192. The molecule has 0 saturated carbocycles. The van der Waals surface area contributed by atoms with Crippen LogP contribution in [-0.2, 0) is 4.79 Å². The molecule has 0 spiro atoms. The minimum Gasteiger partial charge on any atom is -0.427 e. The minimum atomic E-state index is -0.355. The number of nitrogens with one attached hydrogen (secondary N) is 1. The molecule has 0 unspecified atom stereocenters. The molecular formula is C24H17NO3S. The van der Waals surface area contributed by atoms with Crippen molar-refractivity contribution < 1.29 is 14.3 Å². The van der Waals surface area contributed by atoms with E-state index in [1.807, 2.05) is 54.6 Å². The van der Waals surface area contributed by atoms with Crippen molar-refractivity contribution in [3.63, 3.8) is 0 Å². The van der Waals surface area contributed by atoms with Gasteiger partial charge in [0.1, 0.15) is 5.75 Å². The fourth-order valence-electron chi connectivity index (χ4n) is 3.79. The molecule has 2 aliphatic rings. The summed E-state index contributed by atoms with van der Waals surface area (Å²) in [5, 5.41) is 3.34. The predicted octanol–water partition coefficient (Wildman–Crippen LogP) is 5.48. The van der Waals surface area contributed by atoms with Crippen molar-refractivity contribution in [1.29, 1.82) is 0 Å². The Hall–Kier alpha value is -3.31. The number of carbonyl (C=O) groups excluding carboxylic acids is 2. The Morgan fingerprint density at radius 3 is 2.38 bits per heavy atom. The third-order valence-corrected chi connectivity index (χ3v) is 6.41. The number of ketones is 1. The van der Waals surface area contributed by atoms with E-state index in [1.54, 1.807) is 23.9 Å². The quantitative estimate of drug-likeness (QED) is 0.457. The Morgan fingerprint density at radius 1 is 0.931 bits per heavy atom. The summed E-state index contributed by atoms with van der Waals surface area (Å²) in [6.07, 6.45) is 0. The van der Waals surface area contributed by atoms with E-state index < -0.39 is 0 Å². The molecule has 1 heterocycles. The number of hydrogen-bond donors (Lipinski definition) is 1. The molecule has 4 nitrogen and oxygen atoms in total. The SMILES string of the molecule is CC(=O)Oc1ccc([C@@H]2Sc3ccccc3NC3=C2C(=O)c2ccccc23)cc1. The van der Waals surface area contributed by atoms with E-state index in [4.69, 9.17) is 4.74 Å². The zero-order valence-corrected chi connectivity index (χ0v) is 16.5. The van der Waals surface area contributed by atoms with Gasteiger partial charge in [0, 0.05) is 28.5 Å². The highest BCUT2D eigenvalue weighted by Gasteiger charge is 2.38. The fourth-order valence-corrected chi connectivity index (χ4v) is 5.09. The third kappa shape index (κ3) is 3.04. The number of ether oxygens (including phenoxy) is 1. The normalized spacial score (nSPS) is 17.0. The van der Waals surface area contributed by atoms with Crippen LogP contribution in [0.2, 0.25) is 0 Å². The maximum Gasteiger partial charge on any atom is 0.308 e. The molecule has 0 fully saturated rings. The average molecular weight is 399 g/mol. The fraction of sp³-hybridized carbons (Fsp3) is 0.0833. The first-order valence-electron chi connectivity index (χ1n) is 9.31. The number of hydrogen-bond acceptors (Lipinski definition) is 5. The summed E-state index contributed by atoms with van der Waals surface area (Å²) < 4.78 is 5.16. The predicted molar refractivity (Wildman–Crippen MR) is 114 cm³/mol. The van der Waals surface area contributed by atoms with Gasteiger partial charge >= 0.3 is 5.97 Å². The van der Waals surface area contributed by atoms with Crippen molar-refractivity contribution >= 4 is 34.9 Å². The summed E-state index contributed by atoms with van der Waals surface area (Å²) >= 11 is 1.65. The van der Waals surface area contributed by atoms with Crippen LogP contribution in [0, 0.1) is 0 Å². The first-order chi connectivity index (χ1) is 14.1. The van der Waals surface area contributed by atoms with Gasteiger partial charge in [-0.25, -0.2) is 0 Å². The number of benzene rings is 3. The van der Waals surface area contributed by atoms with Crippen LogP contribution in [0.4, 0.5) is 5.69 Å². The first kappa shape index (κ1) is 17.8. The van der Waals surface area contributed by atoms with Gasteiger partial charge in [-0.2, -0.15) is 0 Å². The molecule has 0 amide bonds. The maximum absolute atomic E-state index is 13.4. The molecule has 0 radical (unpaired) electrons. The van der Waals surface area contributed by atoms with E-state index in [1.165, 1.54) is 6.92 Å². The van der Waals surface area contributed by atoms with E-state index in [9.17, 15) is 9.59 Å². The molecule has 0 bridgehead atoms. The van der Waals surface area contributed by atoms with Crippen LogP contribution in [0.15, 0.2) is 83.3 Å². The minimum absolute atomic E-state index is 0.0532. The summed E-state index contributed by atoms with van der Waals surface area (Å²) in [5.41, 5.74) is 5.27. The van der Waals surface area contributed by atoms with Crippen LogP contribution in [0.3, 0.4) is 0 Å². The van der Waals surface area contributed by atoms with Crippen LogP contribution in [-0.4, -0.2) is 11.8 Å². The Morgan fingerprint density at radius 2 is 1.62 bits per heavy atom. The van der Waals surface area contributed by atoms with E-state index in [0.29, 0.717) is 5.75 Å². The Labute approximate surface area is 172 Å². The van der Waals surface area contributed by atoms with Gasteiger partial charge < -0.3 is 10.1 Å². The smallest absolute Gasteiger partial charge is 0.308 e. The second-order valence-corrected chi connectivity index (χ2v) is 8.09. The summed E-state index contributed by atoms with van der Waals surface area (Å²) in [7, 11) is 0. The second kappa shape index (κ2) is 6.94. The first-order valence-corrected chi connectivity index (χ1v) is 10.2. The molecule has 0 aromatic heterocycles. The molecule has 1 aliphatic carbocycles. The molecule has 5 rings (SSSR count). The lowest BCUT2D eigenvalue weighted by molar-refractivity contribution is -0.131. The van der Waals surface area contributed by atoms with E-state index in [2.05, 4.69) is 11.4 Å². The monoisotopic (exact) mass is 399 g/mol. The lowest BCUT2D eigenvalue weighted by Gasteiger charge is -2.17. The molecule has 1 aliphatic heterocycles. The van der Waals surface area contributed by atoms with Gasteiger partial charge in [-0.05, 0) is 29.8 Å². The largest absolute Gasteiger partial charge is 0.427 e. The molecule has 5 heteroatoms. The lowest BCUT2D eigenvalue weighted by atomic mass is 10.0. The number of para-hydroxylation sites is 1. The molecule has 29 heavy (non-hydrogen) atoms. The molecule has 0 saturated heterocycles. The van der Waals surface area contributed by atoms with Crippen molar-refractivity contribution in [2.75, 3.05) is 5.32 Å². The molecule has 3 aromatic carbocycles. The number of fused-ring (bicyclic) bond motifs is 3. The molecule has 3 aromatic rings. The van der Waals surface area contributed by atoms with Gasteiger partial charge in [-0.3, -0.25) is 9.59 Å². The molecule has 1 N–H and O–H groups in total. The van der Waals surface area contributed by atoms with Crippen LogP contribution < -0.4 is 10.1 Å². The highest BCUT2D eigenvalue weighted by Crippen LogP contribution is 2.52. The highest BCUT2D eigenvalue weighted by molar-refractivity contribution is 8.00. The van der Waals surface area contributed by atoms with Crippen molar-refractivity contribution in [2.24, 2.45) is 0 Å². The van der Waals surface area contributed by atoms with E-state index in [-0.39, 0.29) is 17.0 Å². The van der Waals surface area contributed by atoms with Crippen molar-refractivity contribution in [1.82, 2.24) is 0 Å². The Bertz CT molecular complexity index is 1180. The Balaban J connectivity index is 1.65. The van der Waals surface area contributed by atoms with Crippen LogP contribution in [0.5, 0.6) is 5.75 Å². The number of Topliss-reactive ketones (excluding diaryl/α,β-unsaturated/α-hetero) is 1. The van der Waals surface area contributed by atoms with Crippen LogP contribution in [0.1, 0.15) is 33.7 Å². The zero-order chi connectivity index (χ0) is 20.0. The average Bonchev–Trinajstić information content (AvgIpc) is 2.89. The number of rotatable bonds is 2. The summed E-state index contributed by atoms with van der Waals surface area (Å²) in [6.45, 7) is 1.38. The lowest BCUT2D eigenvalue weighted by Crippen LogP contribution is -2.08. The number of anilines is 1. The Kier molecular flexibility index (Phi) is 4.25. The number of thioether (sulfide) groups is 1. The third-order valence-electron chi connectivity index (χ3n) is 5.05. The van der Waals surface area contributed by atoms with Crippen LogP contribution in [0.25, 0.3) is 5.70 Å². The van der Waals surface area contributed by atoms with Gasteiger partial charge in [0.2, 0.25) is 0 Å². The molecule has 142 valence electrons. The van der Waals surface area contributed by atoms with Gasteiger partial charge in [-0.1, -0.05) is 48.5 Å². The van der Waals surface area contributed by atoms with Gasteiger partial charge in [0.25, 0.3) is 0 Å². The van der Waals surface area contributed by atoms with E-state index in [0.717, 1.165) is 38.5 Å². The molecular weight excluding hydrogens is 382 g/mol. The standard InChI is InChI=1S/C24H17NO3S/c1-14(26)28-16-12-10-15(11-13-16)24-21-22(17-6-2-3-7-18(17)23(21)27)25-19-8-4-5-9-20(19)29-24/h2-13,24-25H,1H3/t24-/m0/s1. The zero-order valence-electron chi connectivity index (χ0n) is 15.6. The summed E-state index contributed by atoms with van der Waals surface area (Å²) in [6, 6.07) is 23.2. The topological polar surface area (TPSA) is 55.4 Å². The molecule has 1 atom stereocenters. The van der Waals surface area contributed by atoms with Crippen molar-refractivity contribution in [2.45, 2.75) is 17.1 Å². The van der Waals surface area contributed by atoms with Crippen molar-refractivity contribution in [3.8, 4) is 5.75 Å². The number of esters is 1. The van der Waals surface area contributed by atoms with Gasteiger partial charge in [-0.15, -0.1) is 11.8 Å². The second-order valence-electron chi connectivity index (χ2n) is 6.95. The maximum atomic E-state index is 13.4. The van der Waals surface area contributed by atoms with Crippen LogP contribution >= 0.6 is 11.8 Å². The van der Waals surface area contributed by atoms with Gasteiger partial charge in [0.15, 0.2) is 5.78 Å². The number of carbonyl (C=O) groups is 2. The van der Waals surface area contributed by atoms with E-state index >= 15 is 0 Å². The van der Waals surface area contributed by atoms with Gasteiger partial charge in [0.05, 0.1) is 16.6 Å². The summed E-state index contributed by atoms with van der Waals surface area (Å²) in [4.78, 5) is 25.6. The highest BCUT2D eigenvalue weighted by atomic mass is 32.2.